The van der Waals surface area contributed by atoms with Gasteiger partial charge in [0.05, 0.1) is 0 Å². The molecule has 0 rings (SSSR count). The standard InChI is InChI=1S/C18H40Si.C3H6O/c1-2-3-4-5-6-7-8-9-10-11-12-13-14-15-16-17-18-19;1-3(2)4/h2-18H2,1,19H3;1-2H3. The molecule has 0 spiro atoms. The maximum Gasteiger partial charge on any atom is 0.126 e. The Kier molecular flexibility index (Phi) is 26.4. The van der Waals surface area contributed by atoms with E-state index in [-0.39, 0.29) is 5.78 Å². The van der Waals surface area contributed by atoms with Crippen LogP contribution in [0.4, 0.5) is 0 Å². The highest BCUT2D eigenvalue weighted by Crippen LogP contribution is 2.13. The van der Waals surface area contributed by atoms with E-state index in [4.69, 9.17) is 0 Å². The molecule has 1 nitrogen and oxygen atoms in total. The molecule has 0 bridgehead atoms. The summed E-state index contributed by atoms with van der Waals surface area (Å²) in [5.41, 5.74) is 0. The first-order chi connectivity index (χ1) is 11.1. The fourth-order valence-corrected chi connectivity index (χ4v) is 3.30. The predicted molar refractivity (Wildman–Crippen MR) is 111 cm³/mol. The molecule has 0 fully saturated rings. The lowest BCUT2D eigenvalue weighted by Gasteiger charge is -2.03. The summed E-state index contributed by atoms with van der Waals surface area (Å²) in [6.45, 7) is 5.35. The van der Waals surface area contributed by atoms with Crippen molar-refractivity contribution < 1.29 is 4.79 Å². The second-order valence-electron chi connectivity index (χ2n) is 7.21. The van der Waals surface area contributed by atoms with E-state index in [0.717, 1.165) is 0 Å². The van der Waals surface area contributed by atoms with Crippen LogP contribution in [-0.2, 0) is 4.79 Å². The van der Waals surface area contributed by atoms with E-state index < -0.39 is 0 Å². The number of carbonyl (C=O) groups excluding carboxylic acids is 1. The third kappa shape index (κ3) is 34.3. The summed E-state index contributed by atoms with van der Waals surface area (Å²) in [5, 5.41) is 0. The molecule has 0 radical (unpaired) electrons. The molecular formula is C21H46OSi. The molecule has 0 atom stereocenters. The third-order valence-corrected chi connectivity index (χ3v) is 4.91. The molecule has 0 amide bonds. The van der Waals surface area contributed by atoms with Crippen LogP contribution in [0.5, 0.6) is 0 Å². The van der Waals surface area contributed by atoms with Gasteiger partial charge in [-0.2, -0.15) is 0 Å². The number of rotatable bonds is 16. The lowest BCUT2D eigenvalue weighted by Crippen LogP contribution is -1.83. The van der Waals surface area contributed by atoms with E-state index >= 15 is 0 Å². The predicted octanol–water partition coefficient (Wildman–Crippen LogP) is 6.63. The van der Waals surface area contributed by atoms with Crippen molar-refractivity contribution in [3.8, 4) is 0 Å². The summed E-state index contributed by atoms with van der Waals surface area (Å²) in [6.07, 6.45) is 23.7. The molecule has 0 aromatic rings. The van der Waals surface area contributed by atoms with Gasteiger partial charge in [0.25, 0.3) is 0 Å². The van der Waals surface area contributed by atoms with Crippen LogP contribution in [-0.4, -0.2) is 16.0 Å². The molecule has 0 saturated carbocycles. The Morgan fingerprint density at radius 1 is 0.565 bits per heavy atom. The smallest absolute Gasteiger partial charge is 0.126 e. The largest absolute Gasteiger partial charge is 0.300 e. The number of Topliss-reactive ketones (excluding diaryl/α,β-unsaturated/α-hetero) is 1. The van der Waals surface area contributed by atoms with Crippen LogP contribution in [0.25, 0.3) is 0 Å². The van der Waals surface area contributed by atoms with Crippen LogP contribution >= 0.6 is 0 Å². The molecule has 0 N–H and O–H groups in total. The monoisotopic (exact) mass is 342 g/mol. The Morgan fingerprint density at radius 3 is 1.00 bits per heavy atom. The number of hydrogen-bond acceptors (Lipinski definition) is 1. The molecule has 0 heterocycles. The van der Waals surface area contributed by atoms with Gasteiger partial charge in [-0.1, -0.05) is 116 Å². The molecule has 2 heteroatoms. The van der Waals surface area contributed by atoms with Crippen LogP contribution in [0.1, 0.15) is 124 Å². The van der Waals surface area contributed by atoms with Crippen molar-refractivity contribution in [2.75, 3.05) is 0 Å². The van der Waals surface area contributed by atoms with E-state index in [1.54, 1.807) is 0 Å². The number of carbonyl (C=O) groups is 1. The van der Waals surface area contributed by atoms with E-state index in [9.17, 15) is 4.79 Å². The van der Waals surface area contributed by atoms with Gasteiger partial charge >= 0.3 is 0 Å². The summed E-state index contributed by atoms with van der Waals surface area (Å²) < 4.78 is 0. The summed E-state index contributed by atoms with van der Waals surface area (Å²) in [5.74, 6) is 0.167. The molecular weight excluding hydrogens is 296 g/mol. The van der Waals surface area contributed by atoms with Gasteiger partial charge in [0.1, 0.15) is 5.78 Å². The average Bonchev–Trinajstić information content (AvgIpc) is 2.50. The zero-order valence-corrected chi connectivity index (χ0v) is 18.9. The van der Waals surface area contributed by atoms with Gasteiger partial charge in [-0.05, 0) is 13.8 Å². The molecule has 23 heavy (non-hydrogen) atoms. The lowest BCUT2D eigenvalue weighted by atomic mass is 10.0. The van der Waals surface area contributed by atoms with Gasteiger partial charge < -0.3 is 4.79 Å². The molecule has 0 saturated heterocycles. The summed E-state index contributed by atoms with van der Waals surface area (Å²) in [6, 6.07) is 1.51. The van der Waals surface area contributed by atoms with Gasteiger partial charge in [0.2, 0.25) is 0 Å². The second kappa shape index (κ2) is 24.1. The van der Waals surface area contributed by atoms with E-state index in [0.29, 0.717) is 0 Å². The van der Waals surface area contributed by atoms with Crippen LogP contribution < -0.4 is 0 Å². The zero-order chi connectivity index (χ0) is 17.6. The Labute approximate surface area is 150 Å². The van der Waals surface area contributed by atoms with Crippen molar-refractivity contribution in [2.45, 2.75) is 130 Å². The summed E-state index contributed by atoms with van der Waals surface area (Å²) >= 11 is 0. The summed E-state index contributed by atoms with van der Waals surface area (Å²) in [7, 11) is 1.41. The minimum absolute atomic E-state index is 0.167. The molecule has 0 aliphatic rings. The lowest BCUT2D eigenvalue weighted by molar-refractivity contribution is -0.114. The Balaban J connectivity index is 0. The van der Waals surface area contributed by atoms with Crippen LogP contribution in [0.3, 0.4) is 0 Å². The van der Waals surface area contributed by atoms with Gasteiger partial charge in [-0.25, -0.2) is 0 Å². The number of hydrogen-bond donors (Lipinski definition) is 0. The Morgan fingerprint density at radius 2 is 0.783 bits per heavy atom. The first kappa shape index (κ1) is 25.1. The molecule has 140 valence electrons. The number of unbranched alkanes of at least 4 members (excludes halogenated alkanes) is 15. The van der Waals surface area contributed by atoms with Crippen LogP contribution in [0.2, 0.25) is 6.04 Å². The quantitative estimate of drug-likeness (QED) is 0.227. The zero-order valence-electron chi connectivity index (χ0n) is 16.9. The van der Waals surface area contributed by atoms with Crippen molar-refractivity contribution in [3.63, 3.8) is 0 Å². The topological polar surface area (TPSA) is 17.1 Å². The van der Waals surface area contributed by atoms with Gasteiger partial charge in [0, 0.05) is 10.2 Å². The molecule has 0 aromatic carbocycles. The van der Waals surface area contributed by atoms with Crippen molar-refractivity contribution in [1.82, 2.24) is 0 Å². The maximum absolute atomic E-state index is 9.44. The van der Waals surface area contributed by atoms with Crippen LogP contribution in [0, 0.1) is 0 Å². The fraction of sp³-hybridized carbons (Fsp3) is 0.952. The first-order valence-corrected chi connectivity index (χ1v) is 12.0. The third-order valence-electron chi connectivity index (χ3n) is 4.21. The minimum atomic E-state index is 0.167. The Hall–Kier alpha value is -0.113. The van der Waals surface area contributed by atoms with E-state index in [1.165, 1.54) is 133 Å². The van der Waals surface area contributed by atoms with Crippen molar-refractivity contribution >= 4 is 16.0 Å². The SMILES string of the molecule is CC(C)=O.CCCCCCCCCCCCCCCCCC[SiH3]. The van der Waals surface area contributed by atoms with Crippen LogP contribution in [0.15, 0.2) is 0 Å². The first-order valence-electron chi connectivity index (χ1n) is 10.6. The fourth-order valence-electron chi connectivity index (χ4n) is 2.80. The normalized spacial score (nSPS) is 10.4. The maximum atomic E-state index is 9.44. The van der Waals surface area contributed by atoms with Gasteiger partial charge in [0.15, 0.2) is 0 Å². The van der Waals surface area contributed by atoms with Gasteiger partial charge in [-0.15, -0.1) is 0 Å². The average molecular weight is 343 g/mol. The highest BCUT2D eigenvalue weighted by Gasteiger charge is 1.94. The van der Waals surface area contributed by atoms with E-state index in [1.807, 2.05) is 0 Å². The second-order valence-corrected chi connectivity index (χ2v) is 8.21. The molecule has 0 unspecified atom stereocenters. The van der Waals surface area contributed by atoms with Crippen molar-refractivity contribution in [2.24, 2.45) is 0 Å². The highest BCUT2D eigenvalue weighted by atomic mass is 28.1. The van der Waals surface area contributed by atoms with Gasteiger partial charge in [-0.3, -0.25) is 0 Å². The highest BCUT2D eigenvalue weighted by molar-refractivity contribution is 6.08. The molecule has 0 aliphatic heterocycles. The van der Waals surface area contributed by atoms with Crippen molar-refractivity contribution in [1.29, 1.82) is 0 Å². The summed E-state index contributed by atoms with van der Waals surface area (Å²) in [4.78, 5) is 9.44. The Bertz CT molecular complexity index is 196. The molecule has 0 aliphatic carbocycles. The van der Waals surface area contributed by atoms with E-state index in [2.05, 4.69) is 6.92 Å². The minimum Gasteiger partial charge on any atom is -0.300 e. The number of ketones is 1. The van der Waals surface area contributed by atoms with Crippen molar-refractivity contribution in [3.05, 3.63) is 0 Å². The molecule has 0 aromatic heterocycles.